The van der Waals surface area contributed by atoms with Gasteiger partial charge in [-0.25, -0.2) is 9.59 Å². The molecule has 7 nitrogen and oxygen atoms in total. The molecule has 128 valence electrons. The Kier molecular flexibility index (Phi) is 4.94. The van der Waals surface area contributed by atoms with Crippen LogP contribution in [0.2, 0.25) is 0 Å². The Morgan fingerprint density at radius 1 is 1.33 bits per heavy atom. The predicted octanol–water partition coefficient (Wildman–Crippen LogP) is 1.13. The number of thioether (sulfide) groups is 1. The van der Waals surface area contributed by atoms with Crippen LogP contribution in [0.15, 0.2) is 30.3 Å². The number of benzene rings is 1. The van der Waals surface area contributed by atoms with Gasteiger partial charge in [0.1, 0.15) is 18.7 Å². The molecule has 1 aromatic rings. The number of esters is 1. The molecule has 0 aromatic heterocycles. The van der Waals surface area contributed by atoms with Gasteiger partial charge in [-0.15, -0.1) is 11.8 Å². The van der Waals surface area contributed by atoms with Crippen molar-refractivity contribution in [1.82, 2.24) is 10.2 Å². The number of hydrogen-bond acceptors (Lipinski definition) is 6. The van der Waals surface area contributed by atoms with E-state index >= 15 is 0 Å². The van der Waals surface area contributed by atoms with E-state index in [2.05, 4.69) is 5.32 Å². The molecule has 0 aliphatic carbocycles. The van der Waals surface area contributed by atoms with Gasteiger partial charge < -0.3 is 19.7 Å². The number of methoxy groups -OCH3 is 1. The van der Waals surface area contributed by atoms with Crippen LogP contribution in [0.1, 0.15) is 12.0 Å². The molecule has 1 aromatic carbocycles. The van der Waals surface area contributed by atoms with Crippen molar-refractivity contribution in [2.24, 2.45) is 0 Å². The van der Waals surface area contributed by atoms with Gasteiger partial charge in [-0.3, -0.25) is 4.79 Å². The molecule has 0 saturated carbocycles. The molecule has 0 radical (unpaired) electrons. The summed E-state index contributed by atoms with van der Waals surface area (Å²) in [6, 6.07) is 8.04. The highest BCUT2D eigenvalue weighted by atomic mass is 32.2. The van der Waals surface area contributed by atoms with Crippen molar-refractivity contribution < 1.29 is 23.9 Å². The normalized spacial score (nSPS) is 25.3. The minimum Gasteiger partial charge on any atom is -0.467 e. The number of alkyl carbamates (subject to hydrolysis) is 1. The Balaban J connectivity index is 1.54. The van der Waals surface area contributed by atoms with E-state index in [0.29, 0.717) is 12.2 Å². The summed E-state index contributed by atoms with van der Waals surface area (Å²) in [6.07, 6.45) is -0.185. The van der Waals surface area contributed by atoms with Crippen molar-refractivity contribution in [2.75, 3.05) is 12.9 Å². The standard InChI is InChI=1S/C16H18N2O5S/c1-22-15(20)12-9-24-13-7-11(14(19)18(12)13)17-16(21)23-8-10-5-3-2-4-6-10/h2-6,11-13H,7-9H2,1H3,(H,17,21)/t11-,12+,13+/m1/s1. The van der Waals surface area contributed by atoms with Gasteiger partial charge in [0.25, 0.3) is 0 Å². The van der Waals surface area contributed by atoms with Gasteiger partial charge in [0.05, 0.1) is 12.5 Å². The average Bonchev–Trinajstić information content (AvgIpc) is 3.14. The number of nitrogens with one attached hydrogen (secondary N) is 1. The number of ether oxygens (including phenoxy) is 2. The van der Waals surface area contributed by atoms with E-state index in [1.165, 1.54) is 23.8 Å². The zero-order valence-electron chi connectivity index (χ0n) is 13.1. The van der Waals surface area contributed by atoms with Gasteiger partial charge in [-0.05, 0) is 5.56 Å². The van der Waals surface area contributed by atoms with E-state index in [9.17, 15) is 14.4 Å². The van der Waals surface area contributed by atoms with E-state index in [-0.39, 0.29) is 17.9 Å². The monoisotopic (exact) mass is 350 g/mol. The van der Waals surface area contributed by atoms with Crippen LogP contribution in [0.4, 0.5) is 4.79 Å². The highest BCUT2D eigenvalue weighted by molar-refractivity contribution is 8.00. The average molecular weight is 350 g/mol. The highest BCUT2D eigenvalue weighted by Crippen LogP contribution is 2.38. The molecule has 2 heterocycles. The second-order valence-corrected chi connectivity index (χ2v) is 6.78. The Hall–Kier alpha value is -2.22. The smallest absolute Gasteiger partial charge is 0.408 e. The molecule has 2 aliphatic heterocycles. The largest absolute Gasteiger partial charge is 0.467 e. The number of hydrogen-bond donors (Lipinski definition) is 1. The third kappa shape index (κ3) is 3.33. The summed E-state index contributed by atoms with van der Waals surface area (Å²) < 4.78 is 9.87. The van der Waals surface area contributed by atoms with E-state index in [0.717, 1.165) is 5.56 Å². The Labute approximate surface area is 143 Å². The third-order valence-electron chi connectivity index (χ3n) is 4.06. The zero-order chi connectivity index (χ0) is 17.1. The van der Waals surface area contributed by atoms with Crippen molar-refractivity contribution in [2.45, 2.75) is 30.5 Å². The molecule has 8 heteroatoms. The molecule has 2 aliphatic rings. The number of nitrogens with zero attached hydrogens (tertiary/aromatic N) is 1. The first-order valence-electron chi connectivity index (χ1n) is 7.59. The van der Waals surface area contributed by atoms with Crippen LogP contribution in [0.25, 0.3) is 0 Å². The maximum Gasteiger partial charge on any atom is 0.408 e. The van der Waals surface area contributed by atoms with Gasteiger partial charge in [0.2, 0.25) is 5.91 Å². The molecule has 3 atom stereocenters. The van der Waals surface area contributed by atoms with Crippen LogP contribution < -0.4 is 5.32 Å². The molecule has 0 spiro atoms. The van der Waals surface area contributed by atoms with Crippen LogP contribution in [0.3, 0.4) is 0 Å². The van der Waals surface area contributed by atoms with Gasteiger partial charge in [-0.2, -0.15) is 0 Å². The van der Waals surface area contributed by atoms with Gasteiger partial charge in [-0.1, -0.05) is 30.3 Å². The van der Waals surface area contributed by atoms with Crippen LogP contribution in [0.5, 0.6) is 0 Å². The van der Waals surface area contributed by atoms with E-state index in [1.54, 1.807) is 0 Å². The molecular formula is C16H18N2O5S. The quantitative estimate of drug-likeness (QED) is 0.820. The van der Waals surface area contributed by atoms with E-state index < -0.39 is 24.1 Å². The van der Waals surface area contributed by atoms with Gasteiger partial charge >= 0.3 is 12.1 Å². The topological polar surface area (TPSA) is 84.9 Å². The molecule has 2 fully saturated rings. The second-order valence-electron chi connectivity index (χ2n) is 5.57. The van der Waals surface area contributed by atoms with Crippen molar-refractivity contribution in [1.29, 1.82) is 0 Å². The first-order chi connectivity index (χ1) is 11.6. The summed E-state index contributed by atoms with van der Waals surface area (Å²) in [5, 5.41) is 2.48. The molecule has 2 saturated heterocycles. The summed E-state index contributed by atoms with van der Waals surface area (Å²) >= 11 is 1.52. The van der Waals surface area contributed by atoms with Crippen molar-refractivity contribution in [3.63, 3.8) is 0 Å². The number of fused-ring (bicyclic) bond motifs is 1. The molecule has 2 amide bonds. The van der Waals surface area contributed by atoms with Crippen molar-refractivity contribution in [3.8, 4) is 0 Å². The molecule has 3 rings (SSSR count). The fourth-order valence-corrected chi connectivity index (χ4v) is 4.31. The van der Waals surface area contributed by atoms with Crippen molar-refractivity contribution >= 4 is 29.7 Å². The summed E-state index contributed by atoms with van der Waals surface area (Å²) in [5.41, 5.74) is 0.868. The molecular weight excluding hydrogens is 332 g/mol. The Bertz CT molecular complexity index is 639. The Morgan fingerprint density at radius 2 is 2.08 bits per heavy atom. The summed E-state index contributed by atoms with van der Waals surface area (Å²) in [6.45, 7) is 0.139. The van der Waals surface area contributed by atoms with Gasteiger partial charge in [0.15, 0.2) is 0 Å². The number of amides is 2. The lowest BCUT2D eigenvalue weighted by Gasteiger charge is -2.21. The number of rotatable bonds is 4. The number of carbonyl (C=O) groups excluding carboxylic acids is 3. The minimum absolute atomic E-state index is 0.110. The maximum atomic E-state index is 12.5. The lowest BCUT2D eigenvalue weighted by molar-refractivity contribution is -0.150. The van der Waals surface area contributed by atoms with Crippen LogP contribution >= 0.6 is 11.8 Å². The Morgan fingerprint density at radius 3 is 2.79 bits per heavy atom. The van der Waals surface area contributed by atoms with E-state index in [4.69, 9.17) is 9.47 Å². The summed E-state index contributed by atoms with van der Waals surface area (Å²) in [5.74, 6) is -0.170. The molecule has 0 unspecified atom stereocenters. The van der Waals surface area contributed by atoms with Crippen molar-refractivity contribution in [3.05, 3.63) is 35.9 Å². The lowest BCUT2D eigenvalue weighted by atomic mass is 10.2. The lowest BCUT2D eigenvalue weighted by Crippen LogP contribution is -2.47. The predicted molar refractivity (Wildman–Crippen MR) is 87.1 cm³/mol. The van der Waals surface area contributed by atoms with E-state index in [1.807, 2.05) is 30.3 Å². The molecule has 24 heavy (non-hydrogen) atoms. The zero-order valence-corrected chi connectivity index (χ0v) is 14.0. The first-order valence-corrected chi connectivity index (χ1v) is 8.64. The fourth-order valence-electron chi connectivity index (χ4n) is 2.87. The van der Waals surface area contributed by atoms with Crippen LogP contribution in [-0.2, 0) is 25.7 Å². The highest BCUT2D eigenvalue weighted by Gasteiger charge is 2.50. The number of carbonyl (C=O) groups is 3. The maximum absolute atomic E-state index is 12.5. The van der Waals surface area contributed by atoms with Gasteiger partial charge in [0, 0.05) is 12.2 Å². The second kappa shape index (κ2) is 7.12. The SMILES string of the molecule is COC(=O)[C@@H]1CS[C@H]2C[C@@H](NC(=O)OCc3ccccc3)C(=O)N21. The minimum atomic E-state index is -0.668. The first kappa shape index (κ1) is 16.6. The van der Waals surface area contributed by atoms with Crippen LogP contribution in [-0.4, -0.2) is 53.2 Å². The summed E-state index contributed by atoms with van der Waals surface area (Å²) in [7, 11) is 1.30. The third-order valence-corrected chi connectivity index (χ3v) is 5.37. The molecule has 1 N–H and O–H groups in total. The molecule has 0 bridgehead atoms. The summed E-state index contributed by atoms with van der Waals surface area (Å²) in [4.78, 5) is 37.6. The van der Waals surface area contributed by atoms with Crippen LogP contribution in [0, 0.1) is 0 Å². The fraction of sp³-hybridized carbons (Fsp3) is 0.438.